The van der Waals surface area contributed by atoms with Crippen molar-refractivity contribution in [2.75, 3.05) is 13.7 Å². The molecule has 2 heterocycles. The van der Waals surface area contributed by atoms with Crippen molar-refractivity contribution < 1.29 is 28.6 Å². The third kappa shape index (κ3) is 4.68. The van der Waals surface area contributed by atoms with Crippen LogP contribution in [0.3, 0.4) is 0 Å². The Balaban J connectivity index is 1.13. The monoisotopic (exact) mass is 540 g/mol. The Morgan fingerprint density at radius 1 is 0.825 bits per heavy atom. The second kappa shape index (κ2) is 10.7. The van der Waals surface area contributed by atoms with E-state index in [1.165, 1.54) is 18.2 Å². The van der Waals surface area contributed by atoms with Gasteiger partial charge in [-0.05, 0) is 40.7 Å². The summed E-state index contributed by atoms with van der Waals surface area (Å²) in [5.41, 5.74) is 4.22. The molecular weight excluding hydrogens is 508 g/mol. The second-order valence-corrected chi connectivity index (χ2v) is 10.8. The van der Waals surface area contributed by atoms with Crippen molar-refractivity contribution in [2.45, 2.75) is 55.8 Å². The van der Waals surface area contributed by atoms with Crippen molar-refractivity contribution in [3.8, 4) is 11.1 Å². The molecule has 3 aromatic carbocycles. The molecule has 3 aromatic rings. The summed E-state index contributed by atoms with van der Waals surface area (Å²) in [6, 6.07) is 25.3. The van der Waals surface area contributed by atoms with Gasteiger partial charge in [0.25, 0.3) is 0 Å². The standard InChI is InChI=1S/C32H32N2O6/c1-38-29(35)32(33-30(36)39-19-21-9-3-2-4-10-21)17-22-15-16-23(18-32)34(22)31(37)40-20-28-26-13-7-5-11-24(26)25-12-6-8-14-27(25)28/h2-14,22-23,28H,15-20H2,1H3,(H,33,36). The third-order valence-electron chi connectivity index (χ3n) is 8.47. The Labute approximate surface area is 233 Å². The van der Waals surface area contributed by atoms with Gasteiger partial charge in [0.2, 0.25) is 0 Å². The fourth-order valence-corrected chi connectivity index (χ4v) is 6.69. The van der Waals surface area contributed by atoms with Gasteiger partial charge in [-0.3, -0.25) is 0 Å². The van der Waals surface area contributed by atoms with Crippen LogP contribution in [0.1, 0.15) is 48.3 Å². The lowest BCUT2D eigenvalue weighted by Crippen LogP contribution is -2.64. The lowest BCUT2D eigenvalue weighted by atomic mass is 9.83. The Kier molecular flexibility index (Phi) is 6.92. The average Bonchev–Trinajstić information content (AvgIpc) is 3.46. The number of rotatable bonds is 6. The van der Waals surface area contributed by atoms with Gasteiger partial charge in [0.05, 0.1) is 7.11 Å². The number of carbonyl (C=O) groups excluding carboxylic acids is 3. The quantitative estimate of drug-likeness (QED) is 0.332. The maximum atomic E-state index is 13.4. The first-order valence-electron chi connectivity index (χ1n) is 13.7. The maximum Gasteiger partial charge on any atom is 0.410 e. The summed E-state index contributed by atoms with van der Waals surface area (Å²) in [6.07, 6.45) is 0.826. The number of piperidine rings is 1. The van der Waals surface area contributed by atoms with E-state index in [0.29, 0.717) is 12.8 Å². The van der Waals surface area contributed by atoms with Crippen LogP contribution in [0.25, 0.3) is 11.1 Å². The van der Waals surface area contributed by atoms with Gasteiger partial charge in [-0.2, -0.15) is 0 Å². The SMILES string of the molecule is COC(=O)C1(NC(=O)OCc2ccccc2)CC2CCC(C1)N2C(=O)OCC1c2ccccc2-c2ccccc21. The molecule has 2 saturated heterocycles. The number of esters is 1. The fourth-order valence-electron chi connectivity index (χ4n) is 6.69. The predicted molar refractivity (Wildman–Crippen MR) is 147 cm³/mol. The Bertz CT molecular complexity index is 1360. The van der Waals surface area contributed by atoms with Crippen molar-refractivity contribution in [1.29, 1.82) is 0 Å². The number of nitrogens with one attached hydrogen (secondary N) is 1. The second-order valence-electron chi connectivity index (χ2n) is 10.8. The summed E-state index contributed by atoms with van der Waals surface area (Å²) in [7, 11) is 1.31. The molecule has 2 aliphatic heterocycles. The topological polar surface area (TPSA) is 94.2 Å². The maximum absolute atomic E-state index is 13.4. The smallest absolute Gasteiger partial charge is 0.410 e. The molecule has 2 atom stereocenters. The van der Waals surface area contributed by atoms with E-state index < -0.39 is 17.6 Å². The number of fused-ring (bicyclic) bond motifs is 5. The van der Waals surface area contributed by atoms with E-state index in [4.69, 9.17) is 14.2 Å². The Hall–Kier alpha value is -4.33. The number of ether oxygens (including phenoxy) is 3. The van der Waals surface area contributed by atoms with E-state index in [2.05, 4.69) is 29.6 Å². The minimum absolute atomic E-state index is 0.0333. The number of benzene rings is 3. The zero-order valence-electron chi connectivity index (χ0n) is 22.4. The first-order valence-corrected chi connectivity index (χ1v) is 13.7. The van der Waals surface area contributed by atoms with Crippen LogP contribution in [0.15, 0.2) is 78.9 Å². The average molecular weight is 541 g/mol. The van der Waals surface area contributed by atoms with Crippen molar-refractivity contribution in [3.63, 3.8) is 0 Å². The largest absolute Gasteiger partial charge is 0.467 e. The van der Waals surface area contributed by atoms with Crippen LogP contribution < -0.4 is 5.32 Å². The molecule has 1 aliphatic carbocycles. The summed E-state index contributed by atoms with van der Waals surface area (Å²) < 4.78 is 16.5. The summed E-state index contributed by atoms with van der Waals surface area (Å²) in [5, 5.41) is 2.80. The Morgan fingerprint density at radius 2 is 1.40 bits per heavy atom. The number of carbonyl (C=O) groups is 3. The molecule has 0 spiro atoms. The van der Waals surface area contributed by atoms with Gasteiger partial charge >= 0.3 is 18.2 Å². The van der Waals surface area contributed by atoms with Crippen LogP contribution in [-0.2, 0) is 25.6 Å². The molecule has 8 heteroatoms. The molecule has 0 radical (unpaired) electrons. The van der Waals surface area contributed by atoms with Gasteiger partial charge in [0.15, 0.2) is 0 Å². The summed E-state index contributed by atoms with van der Waals surface area (Å²) in [6.45, 7) is 0.317. The normalized spacial score (nSPS) is 22.7. The van der Waals surface area contributed by atoms with Crippen molar-refractivity contribution in [3.05, 3.63) is 95.6 Å². The van der Waals surface area contributed by atoms with Crippen LogP contribution >= 0.6 is 0 Å². The molecule has 2 unspecified atom stereocenters. The summed E-state index contributed by atoms with van der Waals surface area (Å²) in [5.74, 6) is -0.567. The molecule has 0 saturated carbocycles. The van der Waals surface area contributed by atoms with Crippen LogP contribution in [0.2, 0.25) is 0 Å². The molecule has 8 nitrogen and oxygen atoms in total. The van der Waals surface area contributed by atoms with Crippen LogP contribution in [0, 0.1) is 0 Å². The van der Waals surface area contributed by atoms with E-state index in [0.717, 1.165) is 16.7 Å². The number of amides is 2. The molecule has 6 rings (SSSR count). The third-order valence-corrected chi connectivity index (χ3v) is 8.47. The number of methoxy groups -OCH3 is 1. The molecule has 206 valence electrons. The molecular formula is C32H32N2O6. The van der Waals surface area contributed by atoms with E-state index in [9.17, 15) is 14.4 Å². The lowest BCUT2D eigenvalue weighted by molar-refractivity contribution is -0.151. The predicted octanol–water partition coefficient (Wildman–Crippen LogP) is 5.40. The van der Waals surface area contributed by atoms with Crippen molar-refractivity contribution in [2.24, 2.45) is 0 Å². The molecule has 40 heavy (non-hydrogen) atoms. The first-order chi connectivity index (χ1) is 19.5. The molecule has 1 N–H and O–H groups in total. The van der Waals surface area contributed by atoms with E-state index in [-0.39, 0.29) is 50.2 Å². The Morgan fingerprint density at radius 3 is 2.00 bits per heavy atom. The van der Waals surface area contributed by atoms with Crippen molar-refractivity contribution in [1.82, 2.24) is 10.2 Å². The van der Waals surface area contributed by atoms with Gasteiger partial charge in [0.1, 0.15) is 18.8 Å². The van der Waals surface area contributed by atoms with Crippen LogP contribution in [0.5, 0.6) is 0 Å². The highest BCUT2D eigenvalue weighted by molar-refractivity contribution is 5.87. The van der Waals surface area contributed by atoms with Crippen LogP contribution in [0.4, 0.5) is 9.59 Å². The molecule has 2 amide bonds. The number of alkyl carbamates (subject to hydrolysis) is 1. The zero-order chi connectivity index (χ0) is 27.7. The van der Waals surface area contributed by atoms with Crippen molar-refractivity contribution >= 4 is 18.2 Å². The first kappa shape index (κ1) is 25.9. The highest BCUT2D eigenvalue weighted by atomic mass is 16.6. The number of hydrogen-bond acceptors (Lipinski definition) is 6. The van der Waals surface area contributed by atoms with E-state index in [1.807, 2.05) is 54.6 Å². The van der Waals surface area contributed by atoms with E-state index >= 15 is 0 Å². The summed E-state index contributed by atoms with van der Waals surface area (Å²) >= 11 is 0. The van der Waals surface area contributed by atoms with Crippen LogP contribution in [-0.4, -0.2) is 54.4 Å². The fraction of sp³-hybridized carbons (Fsp3) is 0.344. The van der Waals surface area contributed by atoms with Gasteiger partial charge in [-0.25, -0.2) is 14.4 Å². The number of nitrogens with zero attached hydrogens (tertiary/aromatic N) is 1. The van der Waals surface area contributed by atoms with Gasteiger partial charge in [-0.15, -0.1) is 0 Å². The molecule has 2 fully saturated rings. The van der Waals surface area contributed by atoms with Gasteiger partial charge in [0, 0.05) is 30.8 Å². The number of hydrogen-bond donors (Lipinski definition) is 1. The van der Waals surface area contributed by atoms with Gasteiger partial charge < -0.3 is 24.4 Å². The van der Waals surface area contributed by atoms with Gasteiger partial charge in [-0.1, -0.05) is 78.9 Å². The summed E-state index contributed by atoms with van der Waals surface area (Å²) in [4.78, 5) is 41.0. The molecule has 2 bridgehead atoms. The minimum atomic E-state index is -1.27. The van der Waals surface area contributed by atoms with E-state index in [1.54, 1.807) is 4.90 Å². The molecule has 3 aliphatic rings. The zero-order valence-corrected chi connectivity index (χ0v) is 22.4. The highest BCUT2D eigenvalue weighted by Crippen LogP contribution is 2.45. The highest BCUT2D eigenvalue weighted by Gasteiger charge is 2.56. The molecule has 0 aromatic heterocycles. The minimum Gasteiger partial charge on any atom is -0.467 e. The lowest BCUT2D eigenvalue weighted by Gasteiger charge is -2.44.